The molecule has 1 heterocycles. The fourth-order valence-electron chi connectivity index (χ4n) is 2.45. The third kappa shape index (κ3) is 5.24. The molecule has 3 unspecified atom stereocenters. The molecule has 0 radical (unpaired) electrons. The van der Waals surface area contributed by atoms with Crippen molar-refractivity contribution < 1.29 is 19.5 Å². The molecule has 21 heavy (non-hydrogen) atoms. The second-order valence-corrected chi connectivity index (χ2v) is 5.70. The molecule has 7 nitrogen and oxygen atoms in total. The molecule has 3 atom stereocenters. The number of carboxylic acids is 1. The van der Waals surface area contributed by atoms with Gasteiger partial charge in [-0.15, -0.1) is 0 Å². The highest BCUT2D eigenvalue weighted by molar-refractivity contribution is 5.91. The lowest BCUT2D eigenvalue weighted by Gasteiger charge is -2.35. The first-order valence-electron chi connectivity index (χ1n) is 7.41. The zero-order valence-electron chi connectivity index (χ0n) is 12.9. The molecule has 7 heteroatoms. The summed E-state index contributed by atoms with van der Waals surface area (Å²) < 4.78 is 0. The number of carboxylic acid groups (broad SMARTS) is 1. The van der Waals surface area contributed by atoms with Crippen molar-refractivity contribution >= 4 is 17.9 Å². The number of carbonyl (C=O) groups excluding carboxylic acids is 2. The van der Waals surface area contributed by atoms with E-state index in [1.54, 1.807) is 0 Å². The van der Waals surface area contributed by atoms with Crippen molar-refractivity contribution in [3.8, 4) is 0 Å². The van der Waals surface area contributed by atoms with Crippen molar-refractivity contribution in [2.75, 3.05) is 13.1 Å². The minimum Gasteiger partial charge on any atom is -0.481 e. The van der Waals surface area contributed by atoms with Crippen molar-refractivity contribution in [1.29, 1.82) is 0 Å². The summed E-state index contributed by atoms with van der Waals surface area (Å²) in [6.07, 6.45) is 1.51. The maximum atomic E-state index is 12.3. The van der Waals surface area contributed by atoms with E-state index in [0.717, 1.165) is 12.8 Å². The summed E-state index contributed by atoms with van der Waals surface area (Å²) >= 11 is 0. The number of rotatable bonds is 6. The Morgan fingerprint density at radius 3 is 2.71 bits per heavy atom. The molecule has 1 saturated heterocycles. The van der Waals surface area contributed by atoms with Crippen LogP contribution in [0.5, 0.6) is 0 Å². The van der Waals surface area contributed by atoms with Crippen LogP contribution in [0.1, 0.15) is 40.0 Å². The SMILES string of the molecule is CCC(C)CC(C)NC(=O)N1CCNC(=O)C1CC(=O)O. The smallest absolute Gasteiger partial charge is 0.318 e. The molecule has 0 saturated carbocycles. The normalized spacial score (nSPS) is 21.4. The van der Waals surface area contributed by atoms with E-state index in [1.807, 2.05) is 6.92 Å². The Labute approximate surface area is 125 Å². The molecule has 1 fully saturated rings. The fraction of sp³-hybridized carbons (Fsp3) is 0.786. The molecule has 0 aliphatic carbocycles. The third-order valence-electron chi connectivity index (χ3n) is 3.78. The summed E-state index contributed by atoms with van der Waals surface area (Å²) in [5.41, 5.74) is 0. The zero-order valence-corrected chi connectivity index (χ0v) is 12.9. The number of amides is 3. The summed E-state index contributed by atoms with van der Waals surface area (Å²) in [4.78, 5) is 36.2. The number of nitrogens with zero attached hydrogens (tertiary/aromatic N) is 1. The van der Waals surface area contributed by atoms with E-state index < -0.39 is 17.9 Å². The lowest BCUT2D eigenvalue weighted by Crippen LogP contribution is -2.60. The first-order chi connectivity index (χ1) is 9.85. The highest BCUT2D eigenvalue weighted by Crippen LogP contribution is 2.12. The van der Waals surface area contributed by atoms with E-state index in [2.05, 4.69) is 24.5 Å². The molecule has 1 aliphatic heterocycles. The second-order valence-electron chi connectivity index (χ2n) is 5.70. The molecule has 0 aromatic heterocycles. The summed E-state index contributed by atoms with van der Waals surface area (Å²) in [5, 5.41) is 14.3. The van der Waals surface area contributed by atoms with Gasteiger partial charge in [0, 0.05) is 19.1 Å². The van der Waals surface area contributed by atoms with Gasteiger partial charge in [-0.3, -0.25) is 9.59 Å². The molecular formula is C14H25N3O4. The zero-order chi connectivity index (χ0) is 16.0. The van der Waals surface area contributed by atoms with Crippen molar-refractivity contribution in [2.45, 2.75) is 52.1 Å². The quantitative estimate of drug-likeness (QED) is 0.675. The second kappa shape index (κ2) is 7.85. The van der Waals surface area contributed by atoms with Gasteiger partial charge in [0.05, 0.1) is 6.42 Å². The molecule has 3 N–H and O–H groups in total. The molecule has 1 aliphatic rings. The highest BCUT2D eigenvalue weighted by Gasteiger charge is 2.35. The molecule has 3 amide bonds. The summed E-state index contributed by atoms with van der Waals surface area (Å²) in [7, 11) is 0. The topological polar surface area (TPSA) is 98.7 Å². The van der Waals surface area contributed by atoms with Gasteiger partial charge in [0.25, 0.3) is 0 Å². The Balaban J connectivity index is 2.64. The average Bonchev–Trinajstić information content (AvgIpc) is 2.40. The number of nitrogens with one attached hydrogen (secondary N) is 2. The number of hydrogen-bond acceptors (Lipinski definition) is 3. The van der Waals surface area contributed by atoms with Gasteiger partial charge < -0.3 is 20.6 Å². The predicted octanol–water partition coefficient (Wildman–Crippen LogP) is 0.796. The lowest BCUT2D eigenvalue weighted by molar-refractivity contribution is -0.142. The van der Waals surface area contributed by atoms with E-state index in [9.17, 15) is 14.4 Å². The van der Waals surface area contributed by atoms with Gasteiger partial charge in [0.1, 0.15) is 6.04 Å². The maximum absolute atomic E-state index is 12.3. The predicted molar refractivity (Wildman–Crippen MR) is 77.8 cm³/mol. The van der Waals surface area contributed by atoms with Crippen molar-refractivity contribution in [3.63, 3.8) is 0 Å². The van der Waals surface area contributed by atoms with Crippen LogP contribution in [0.15, 0.2) is 0 Å². The van der Waals surface area contributed by atoms with Gasteiger partial charge in [0.2, 0.25) is 5.91 Å². The molecule has 0 aromatic rings. The monoisotopic (exact) mass is 299 g/mol. The van der Waals surface area contributed by atoms with Crippen LogP contribution in [0.25, 0.3) is 0 Å². The van der Waals surface area contributed by atoms with Crippen LogP contribution < -0.4 is 10.6 Å². The van der Waals surface area contributed by atoms with Crippen LogP contribution in [-0.4, -0.2) is 53.1 Å². The summed E-state index contributed by atoms with van der Waals surface area (Å²) in [5.74, 6) is -1.00. The average molecular weight is 299 g/mol. The number of piperazine rings is 1. The van der Waals surface area contributed by atoms with Crippen LogP contribution in [0, 0.1) is 5.92 Å². The Morgan fingerprint density at radius 2 is 2.14 bits per heavy atom. The van der Waals surface area contributed by atoms with E-state index in [1.165, 1.54) is 4.90 Å². The molecule has 1 rings (SSSR count). The third-order valence-corrected chi connectivity index (χ3v) is 3.78. The minimum absolute atomic E-state index is 0.0112. The van der Waals surface area contributed by atoms with E-state index in [0.29, 0.717) is 19.0 Å². The van der Waals surface area contributed by atoms with Crippen LogP contribution in [-0.2, 0) is 9.59 Å². The van der Waals surface area contributed by atoms with Gasteiger partial charge in [-0.05, 0) is 19.3 Å². The number of hydrogen-bond donors (Lipinski definition) is 3. The Kier molecular flexibility index (Phi) is 6.45. The molecule has 0 bridgehead atoms. The van der Waals surface area contributed by atoms with Crippen LogP contribution in [0.3, 0.4) is 0 Å². The molecule has 0 aromatic carbocycles. The first-order valence-corrected chi connectivity index (χ1v) is 7.41. The van der Waals surface area contributed by atoms with Crippen LogP contribution in [0.2, 0.25) is 0 Å². The number of aliphatic carboxylic acids is 1. The standard InChI is InChI=1S/C14H25N3O4/c1-4-9(2)7-10(3)16-14(21)17-6-5-15-13(20)11(17)8-12(18)19/h9-11H,4-8H2,1-3H3,(H,15,20)(H,16,21)(H,18,19). The lowest BCUT2D eigenvalue weighted by atomic mass is 10.0. The number of carbonyl (C=O) groups is 3. The van der Waals surface area contributed by atoms with Crippen LogP contribution in [0.4, 0.5) is 4.79 Å². The molecular weight excluding hydrogens is 274 g/mol. The van der Waals surface area contributed by atoms with Crippen molar-refractivity contribution in [3.05, 3.63) is 0 Å². The van der Waals surface area contributed by atoms with E-state index in [-0.39, 0.29) is 18.5 Å². The van der Waals surface area contributed by atoms with Crippen molar-refractivity contribution in [1.82, 2.24) is 15.5 Å². The summed E-state index contributed by atoms with van der Waals surface area (Å²) in [6.45, 7) is 6.80. The molecule has 0 spiro atoms. The van der Waals surface area contributed by atoms with E-state index >= 15 is 0 Å². The Bertz CT molecular complexity index is 400. The van der Waals surface area contributed by atoms with Gasteiger partial charge in [-0.2, -0.15) is 0 Å². The van der Waals surface area contributed by atoms with Crippen LogP contribution >= 0.6 is 0 Å². The Hall–Kier alpha value is -1.79. The Morgan fingerprint density at radius 1 is 1.48 bits per heavy atom. The summed E-state index contributed by atoms with van der Waals surface area (Å²) in [6, 6.07) is -1.32. The highest BCUT2D eigenvalue weighted by atomic mass is 16.4. The minimum atomic E-state index is -1.09. The molecule has 120 valence electrons. The fourth-order valence-corrected chi connectivity index (χ4v) is 2.45. The van der Waals surface area contributed by atoms with Gasteiger partial charge in [-0.1, -0.05) is 20.3 Å². The maximum Gasteiger partial charge on any atom is 0.318 e. The van der Waals surface area contributed by atoms with Gasteiger partial charge >= 0.3 is 12.0 Å². The van der Waals surface area contributed by atoms with Gasteiger partial charge in [0.15, 0.2) is 0 Å². The first kappa shape index (κ1) is 17.3. The number of urea groups is 1. The van der Waals surface area contributed by atoms with Gasteiger partial charge in [-0.25, -0.2) is 4.79 Å². The van der Waals surface area contributed by atoms with E-state index in [4.69, 9.17) is 5.11 Å². The largest absolute Gasteiger partial charge is 0.481 e. The van der Waals surface area contributed by atoms with Crippen molar-refractivity contribution in [2.24, 2.45) is 5.92 Å².